The summed E-state index contributed by atoms with van der Waals surface area (Å²) in [5, 5.41) is 19.5. The lowest BCUT2D eigenvalue weighted by atomic mass is 10.2. The molecule has 1 aromatic carbocycles. The maximum atomic E-state index is 9.46. The first-order valence-corrected chi connectivity index (χ1v) is 4.98. The average Bonchev–Trinajstić information content (AvgIpc) is 2.26. The van der Waals surface area contributed by atoms with Crippen molar-refractivity contribution < 1.29 is 10.2 Å². The molecule has 0 saturated carbocycles. The van der Waals surface area contributed by atoms with E-state index in [2.05, 4.69) is 9.97 Å². The van der Waals surface area contributed by atoms with Crippen LogP contribution in [0.3, 0.4) is 0 Å². The number of nitrogens with zero attached hydrogens (tertiary/aromatic N) is 2. The smallest absolute Gasteiger partial charge is 0.221 e. The predicted octanol–water partition coefficient (Wildman–Crippen LogP) is 2.52. The van der Waals surface area contributed by atoms with Crippen LogP contribution in [0, 0.1) is 6.92 Å². The molecule has 0 radical (unpaired) electrons. The van der Waals surface area contributed by atoms with E-state index < -0.39 is 0 Å². The summed E-state index contributed by atoms with van der Waals surface area (Å²) < 4.78 is 0. The van der Waals surface area contributed by atoms with Crippen LogP contribution in [0.4, 0.5) is 0 Å². The third kappa shape index (κ3) is 1.92. The van der Waals surface area contributed by atoms with Gasteiger partial charge in [-0.2, -0.15) is 9.97 Å². The minimum absolute atomic E-state index is 0.225. The van der Waals surface area contributed by atoms with Gasteiger partial charge in [0.1, 0.15) is 0 Å². The summed E-state index contributed by atoms with van der Waals surface area (Å²) in [6.07, 6.45) is 0. The molecule has 1 aromatic heterocycles. The molecule has 0 spiro atoms. The Bertz CT molecular complexity index is 503. The molecule has 0 bridgehead atoms. The quantitative estimate of drug-likeness (QED) is 0.799. The van der Waals surface area contributed by atoms with Crippen LogP contribution in [0.25, 0.3) is 11.4 Å². The Morgan fingerprint density at radius 3 is 2.00 bits per heavy atom. The topological polar surface area (TPSA) is 66.2 Å². The molecule has 5 heteroatoms. The Morgan fingerprint density at radius 2 is 1.50 bits per heavy atom. The summed E-state index contributed by atoms with van der Waals surface area (Å²) in [7, 11) is 0. The second-order valence-corrected chi connectivity index (χ2v) is 3.76. The van der Waals surface area contributed by atoms with Crippen molar-refractivity contribution in [3.63, 3.8) is 0 Å². The number of halogens is 1. The van der Waals surface area contributed by atoms with Gasteiger partial charge >= 0.3 is 0 Å². The van der Waals surface area contributed by atoms with Gasteiger partial charge in [-0.3, -0.25) is 0 Å². The molecule has 0 aliphatic carbocycles. The Hall–Kier alpha value is -1.81. The van der Waals surface area contributed by atoms with Crippen molar-refractivity contribution in [1.29, 1.82) is 0 Å². The van der Waals surface area contributed by atoms with E-state index in [-0.39, 0.29) is 23.1 Å². The Labute approximate surface area is 97.2 Å². The summed E-state index contributed by atoms with van der Waals surface area (Å²) in [6, 6.07) is 6.81. The van der Waals surface area contributed by atoms with E-state index >= 15 is 0 Å². The van der Waals surface area contributed by atoms with Gasteiger partial charge in [0.25, 0.3) is 0 Å². The van der Waals surface area contributed by atoms with Crippen molar-refractivity contribution in [2.24, 2.45) is 0 Å². The molecule has 0 unspecified atom stereocenters. The first-order valence-electron chi connectivity index (χ1n) is 4.60. The Kier molecular flexibility index (Phi) is 2.66. The zero-order valence-electron chi connectivity index (χ0n) is 8.48. The molecule has 1 heterocycles. The largest absolute Gasteiger partial charge is 0.493 e. The molecule has 2 rings (SSSR count). The number of hydrogen-bond donors (Lipinski definition) is 2. The third-order valence-electron chi connectivity index (χ3n) is 2.20. The molecule has 16 heavy (non-hydrogen) atoms. The minimum Gasteiger partial charge on any atom is -0.493 e. The van der Waals surface area contributed by atoms with Crippen molar-refractivity contribution in [2.45, 2.75) is 6.92 Å². The fourth-order valence-corrected chi connectivity index (χ4v) is 1.35. The molecule has 0 fully saturated rings. The highest BCUT2D eigenvalue weighted by atomic mass is 35.5. The molecule has 2 N–H and O–H groups in total. The number of aromatic hydroxyl groups is 2. The van der Waals surface area contributed by atoms with Crippen molar-refractivity contribution in [2.75, 3.05) is 0 Å². The van der Waals surface area contributed by atoms with Crippen LogP contribution in [-0.2, 0) is 0 Å². The number of rotatable bonds is 1. The van der Waals surface area contributed by atoms with Gasteiger partial charge in [-0.15, -0.1) is 0 Å². The summed E-state index contributed by atoms with van der Waals surface area (Å²) in [5.41, 5.74) is 0.938. The fourth-order valence-electron chi connectivity index (χ4n) is 1.22. The molecule has 0 saturated heterocycles. The first-order chi connectivity index (χ1) is 7.58. The molecule has 0 atom stereocenters. The summed E-state index contributed by atoms with van der Waals surface area (Å²) >= 11 is 5.75. The zero-order valence-corrected chi connectivity index (χ0v) is 9.23. The SMILES string of the molecule is Cc1c(O)nc(-c2ccc(Cl)cc2)nc1O. The molecular formula is C11H9ClN2O2. The maximum absolute atomic E-state index is 9.46. The summed E-state index contributed by atoms with van der Waals surface area (Å²) in [6.45, 7) is 1.54. The lowest BCUT2D eigenvalue weighted by Gasteiger charge is -2.04. The first kappa shape index (κ1) is 10.7. The summed E-state index contributed by atoms with van der Waals surface area (Å²) in [4.78, 5) is 7.75. The molecule has 4 nitrogen and oxygen atoms in total. The van der Waals surface area contributed by atoms with Gasteiger partial charge in [-0.25, -0.2) is 0 Å². The van der Waals surface area contributed by atoms with Gasteiger partial charge < -0.3 is 10.2 Å². The molecule has 82 valence electrons. The Morgan fingerprint density at radius 1 is 1.00 bits per heavy atom. The molecule has 0 aliphatic rings. The van der Waals surface area contributed by atoms with Gasteiger partial charge in [-0.1, -0.05) is 11.6 Å². The second kappa shape index (κ2) is 3.98. The van der Waals surface area contributed by atoms with E-state index in [1.165, 1.54) is 6.92 Å². The zero-order chi connectivity index (χ0) is 11.7. The second-order valence-electron chi connectivity index (χ2n) is 3.33. The van der Waals surface area contributed by atoms with Gasteiger partial charge in [0.15, 0.2) is 5.82 Å². The van der Waals surface area contributed by atoms with Gasteiger partial charge in [-0.05, 0) is 31.2 Å². The Balaban J connectivity index is 2.52. The predicted molar refractivity (Wildman–Crippen MR) is 60.5 cm³/mol. The molecule has 0 aliphatic heterocycles. The van der Waals surface area contributed by atoms with E-state index in [4.69, 9.17) is 11.6 Å². The van der Waals surface area contributed by atoms with Crippen molar-refractivity contribution >= 4 is 11.6 Å². The number of benzene rings is 1. The van der Waals surface area contributed by atoms with E-state index in [0.717, 1.165) is 0 Å². The highest BCUT2D eigenvalue weighted by molar-refractivity contribution is 6.30. The molecular weight excluding hydrogens is 228 g/mol. The number of aromatic nitrogens is 2. The van der Waals surface area contributed by atoms with Crippen LogP contribution in [0.15, 0.2) is 24.3 Å². The van der Waals surface area contributed by atoms with Crippen LogP contribution in [-0.4, -0.2) is 20.2 Å². The third-order valence-corrected chi connectivity index (χ3v) is 2.45. The van der Waals surface area contributed by atoms with Gasteiger partial charge in [0.2, 0.25) is 11.8 Å². The van der Waals surface area contributed by atoms with Crippen LogP contribution < -0.4 is 0 Å². The van der Waals surface area contributed by atoms with E-state index in [9.17, 15) is 10.2 Å². The van der Waals surface area contributed by atoms with Crippen LogP contribution in [0.1, 0.15) is 5.56 Å². The van der Waals surface area contributed by atoms with Crippen molar-refractivity contribution in [3.05, 3.63) is 34.9 Å². The monoisotopic (exact) mass is 236 g/mol. The fraction of sp³-hybridized carbons (Fsp3) is 0.0909. The lowest BCUT2D eigenvalue weighted by Crippen LogP contribution is -1.92. The number of hydrogen-bond acceptors (Lipinski definition) is 4. The molecule has 2 aromatic rings. The molecule has 0 amide bonds. The standard InChI is InChI=1S/C11H9ClN2O2/c1-6-10(15)13-9(14-11(6)16)7-2-4-8(12)5-3-7/h2-5H,1H3,(H2,13,14,15,16). The van der Waals surface area contributed by atoms with E-state index in [1.54, 1.807) is 24.3 Å². The van der Waals surface area contributed by atoms with Crippen molar-refractivity contribution in [3.8, 4) is 23.1 Å². The maximum Gasteiger partial charge on any atom is 0.221 e. The van der Waals surface area contributed by atoms with Gasteiger partial charge in [0, 0.05) is 10.6 Å². The highest BCUT2D eigenvalue weighted by Crippen LogP contribution is 2.26. The van der Waals surface area contributed by atoms with Crippen molar-refractivity contribution in [1.82, 2.24) is 9.97 Å². The van der Waals surface area contributed by atoms with Crippen LogP contribution >= 0.6 is 11.6 Å². The van der Waals surface area contributed by atoms with Crippen LogP contribution in [0.5, 0.6) is 11.8 Å². The summed E-state index contributed by atoms with van der Waals surface area (Å²) in [5.74, 6) is -0.188. The van der Waals surface area contributed by atoms with Crippen LogP contribution in [0.2, 0.25) is 5.02 Å². The van der Waals surface area contributed by atoms with E-state index in [1.807, 2.05) is 0 Å². The van der Waals surface area contributed by atoms with Gasteiger partial charge in [0.05, 0.1) is 5.56 Å². The van der Waals surface area contributed by atoms with E-state index in [0.29, 0.717) is 10.6 Å². The normalized spacial score (nSPS) is 10.4. The average molecular weight is 237 g/mol. The minimum atomic E-state index is -0.225. The lowest BCUT2D eigenvalue weighted by molar-refractivity contribution is 0.415. The highest BCUT2D eigenvalue weighted by Gasteiger charge is 2.10.